The van der Waals surface area contributed by atoms with Gasteiger partial charge in [0.15, 0.2) is 12.0 Å². The summed E-state index contributed by atoms with van der Waals surface area (Å²) < 4.78 is 20.0. The average molecular weight is 350 g/mol. The molecule has 0 bridgehead atoms. The number of ketones is 1. The van der Waals surface area contributed by atoms with Crippen molar-refractivity contribution in [2.75, 3.05) is 0 Å². The molecule has 0 N–H and O–H groups in total. The second-order valence-electron chi connectivity index (χ2n) is 9.72. The molecule has 0 radical (unpaired) electrons. The van der Waals surface area contributed by atoms with Crippen molar-refractivity contribution in [3.8, 4) is 0 Å². The minimum Gasteiger partial charge on any atom is -0.462 e. The molecule has 0 aromatic rings. The first-order valence-electron chi connectivity index (χ1n) is 10.1. The van der Waals surface area contributed by atoms with Crippen LogP contribution in [0, 0.1) is 34.5 Å². The first kappa shape index (κ1) is 17.5. The Morgan fingerprint density at radius 1 is 1.08 bits per heavy atom. The Bertz CT molecular complexity index is 590. The van der Waals surface area contributed by atoms with Gasteiger partial charge in [-0.2, -0.15) is 0 Å². The lowest BCUT2D eigenvalue weighted by molar-refractivity contribution is -0.164. The smallest absolute Gasteiger partial charge is 0.302 e. The number of hydrogen-bond donors (Lipinski definition) is 0. The molecule has 140 valence electrons. The Morgan fingerprint density at radius 3 is 2.52 bits per heavy atom. The van der Waals surface area contributed by atoms with Gasteiger partial charge < -0.3 is 4.74 Å². The molecule has 4 aliphatic rings. The fraction of sp³-hybridized carbons (Fsp3) is 0.905. The lowest BCUT2D eigenvalue weighted by atomic mass is 9.45. The van der Waals surface area contributed by atoms with E-state index in [0.717, 1.165) is 38.5 Å². The third-order valence-corrected chi connectivity index (χ3v) is 8.70. The lowest BCUT2D eigenvalue weighted by Gasteiger charge is -2.60. The molecule has 25 heavy (non-hydrogen) atoms. The Morgan fingerprint density at radius 2 is 1.80 bits per heavy atom. The van der Waals surface area contributed by atoms with Crippen molar-refractivity contribution in [1.29, 1.82) is 0 Å². The van der Waals surface area contributed by atoms with E-state index in [-0.39, 0.29) is 28.7 Å². The fourth-order valence-corrected chi connectivity index (χ4v) is 7.40. The number of hydrogen-bond acceptors (Lipinski definition) is 3. The number of ether oxygens (including phenoxy) is 1. The zero-order valence-corrected chi connectivity index (χ0v) is 15.7. The molecule has 3 nitrogen and oxygen atoms in total. The third kappa shape index (κ3) is 2.49. The Hall–Kier alpha value is -0.930. The highest BCUT2D eigenvalue weighted by molar-refractivity contribution is 5.84. The first-order chi connectivity index (χ1) is 11.8. The summed E-state index contributed by atoms with van der Waals surface area (Å²) in [5.74, 6) is 1.72. The van der Waals surface area contributed by atoms with Crippen LogP contribution >= 0.6 is 0 Å². The molecule has 0 aromatic carbocycles. The van der Waals surface area contributed by atoms with Crippen molar-refractivity contribution in [2.24, 2.45) is 34.5 Å². The minimum absolute atomic E-state index is 0.0307. The number of rotatable bonds is 1. The maximum atomic E-state index is 14.3. The van der Waals surface area contributed by atoms with E-state index >= 15 is 0 Å². The molecule has 0 saturated heterocycles. The van der Waals surface area contributed by atoms with Gasteiger partial charge in [0.1, 0.15) is 6.10 Å². The lowest BCUT2D eigenvalue weighted by Crippen LogP contribution is -2.56. The number of fused-ring (bicyclic) bond motifs is 5. The van der Waals surface area contributed by atoms with Crippen LogP contribution < -0.4 is 0 Å². The Labute approximate surface area is 150 Å². The molecule has 4 rings (SSSR count). The first-order valence-corrected chi connectivity index (χ1v) is 10.1. The van der Waals surface area contributed by atoms with Crippen LogP contribution in [0.3, 0.4) is 0 Å². The Balaban J connectivity index is 1.59. The van der Waals surface area contributed by atoms with Gasteiger partial charge in [0, 0.05) is 18.8 Å². The Kier molecular flexibility index (Phi) is 4.05. The third-order valence-electron chi connectivity index (χ3n) is 8.70. The molecule has 4 fully saturated rings. The quantitative estimate of drug-likeness (QED) is 0.655. The number of carbonyl (C=O) groups is 2. The maximum absolute atomic E-state index is 14.3. The molecular weight excluding hydrogens is 319 g/mol. The van der Waals surface area contributed by atoms with E-state index in [1.165, 1.54) is 6.92 Å². The van der Waals surface area contributed by atoms with E-state index < -0.39 is 6.17 Å². The van der Waals surface area contributed by atoms with E-state index in [0.29, 0.717) is 36.5 Å². The monoisotopic (exact) mass is 350 g/mol. The van der Waals surface area contributed by atoms with Crippen LogP contribution in [0.1, 0.15) is 72.1 Å². The van der Waals surface area contributed by atoms with E-state index in [1.54, 1.807) is 0 Å². The van der Waals surface area contributed by atoms with Crippen LogP contribution in [0.5, 0.6) is 0 Å². The zero-order chi connectivity index (χ0) is 18.0. The summed E-state index contributed by atoms with van der Waals surface area (Å²) in [5, 5.41) is 0. The molecule has 8 atom stereocenters. The predicted molar refractivity (Wildman–Crippen MR) is 92.6 cm³/mol. The molecule has 0 heterocycles. The summed E-state index contributed by atoms with van der Waals surface area (Å²) in [5.41, 5.74) is 0.0483. The number of Topliss-reactive ketones (excluding diaryl/α,β-unsaturated/α-hetero) is 1. The van der Waals surface area contributed by atoms with E-state index in [4.69, 9.17) is 4.74 Å². The molecule has 4 saturated carbocycles. The normalized spacial score (nSPS) is 52.1. The van der Waals surface area contributed by atoms with Crippen LogP contribution in [-0.2, 0) is 14.3 Å². The van der Waals surface area contributed by atoms with Crippen LogP contribution in [0.4, 0.5) is 4.39 Å². The van der Waals surface area contributed by atoms with Gasteiger partial charge in [-0.05, 0) is 74.0 Å². The summed E-state index contributed by atoms with van der Waals surface area (Å²) in [7, 11) is 0. The highest BCUT2D eigenvalue weighted by Crippen LogP contribution is 2.66. The average Bonchev–Trinajstić information content (AvgIpc) is 2.85. The molecule has 0 aliphatic heterocycles. The van der Waals surface area contributed by atoms with Crippen molar-refractivity contribution >= 4 is 11.8 Å². The van der Waals surface area contributed by atoms with Crippen LogP contribution in [0.25, 0.3) is 0 Å². The second-order valence-corrected chi connectivity index (χ2v) is 9.72. The van der Waals surface area contributed by atoms with E-state index in [1.807, 2.05) is 0 Å². The van der Waals surface area contributed by atoms with Gasteiger partial charge >= 0.3 is 5.97 Å². The molecule has 0 amide bonds. The van der Waals surface area contributed by atoms with Gasteiger partial charge in [0.25, 0.3) is 0 Å². The van der Waals surface area contributed by atoms with Gasteiger partial charge in [0.05, 0.1) is 0 Å². The largest absolute Gasteiger partial charge is 0.462 e. The molecule has 4 aliphatic carbocycles. The highest BCUT2D eigenvalue weighted by Gasteiger charge is 2.61. The zero-order valence-electron chi connectivity index (χ0n) is 15.7. The van der Waals surface area contributed by atoms with Crippen LogP contribution in [0.15, 0.2) is 0 Å². The van der Waals surface area contributed by atoms with E-state index in [2.05, 4.69) is 13.8 Å². The SMILES string of the molecule is CC(=O)OC1CC[C@H]2[C@@H]3CC[C@H]4CC(=O)[C@H](F)C[C@]4(C)[C@H]3CC[C@]12C. The maximum Gasteiger partial charge on any atom is 0.302 e. The number of halogens is 1. The standard InChI is InChI=1S/C21H31FO3/c1-12(23)25-19-7-6-15-14-5-4-13-10-18(24)17(22)11-21(13,3)16(14)8-9-20(15,19)2/h13-17,19H,4-11H2,1-3H3/t13-,14-,15-,16-,17+,19?,20-,21-/m0/s1. The molecule has 4 heteroatoms. The van der Waals surface area contributed by atoms with Crippen molar-refractivity contribution in [1.82, 2.24) is 0 Å². The predicted octanol–water partition coefficient (Wildman–Crippen LogP) is 4.48. The molecule has 0 aromatic heterocycles. The second kappa shape index (κ2) is 5.79. The molecule has 1 unspecified atom stereocenters. The van der Waals surface area contributed by atoms with Crippen molar-refractivity contribution in [3.05, 3.63) is 0 Å². The summed E-state index contributed by atoms with van der Waals surface area (Å²) in [6.07, 6.45) is 6.10. The highest BCUT2D eigenvalue weighted by atomic mass is 19.1. The van der Waals surface area contributed by atoms with Crippen molar-refractivity contribution < 1.29 is 18.7 Å². The van der Waals surface area contributed by atoms with Gasteiger partial charge in [-0.15, -0.1) is 0 Å². The topological polar surface area (TPSA) is 43.4 Å². The number of carbonyl (C=O) groups excluding carboxylic acids is 2. The summed E-state index contributed by atoms with van der Waals surface area (Å²) in [6.45, 7) is 6.08. The van der Waals surface area contributed by atoms with Crippen LogP contribution in [0.2, 0.25) is 0 Å². The molecular formula is C21H31FO3. The van der Waals surface area contributed by atoms with E-state index in [9.17, 15) is 14.0 Å². The van der Waals surface area contributed by atoms with Crippen molar-refractivity contribution in [3.63, 3.8) is 0 Å². The fourth-order valence-electron chi connectivity index (χ4n) is 7.40. The van der Waals surface area contributed by atoms with Gasteiger partial charge in [-0.25, -0.2) is 4.39 Å². The number of esters is 1. The summed E-state index contributed by atoms with van der Waals surface area (Å²) in [4.78, 5) is 23.4. The van der Waals surface area contributed by atoms with Crippen molar-refractivity contribution in [2.45, 2.75) is 84.4 Å². The van der Waals surface area contributed by atoms with Crippen LogP contribution in [-0.4, -0.2) is 24.0 Å². The summed E-state index contributed by atoms with van der Waals surface area (Å²) in [6, 6.07) is 0. The molecule has 0 spiro atoms. The van der Waals surface area contributed by atoms with Gasteiger partial charge in [-0.1, -0.05) is 13.8 Å². The summed E-state index contributed by atoms with van der Waals surface area (Å²) >= 11 is 0. The number of alkyl halides is 1. The van der Waals surface area contributed by atoms with Gasteiger partial charge in [0.2, 0.25) is 0 Å². The van der Waals surface area contributed by atoms with Gasteiger partial charge in [-0.3, -0.25) is 9.59 Å². The minimum atomic E-state index is -1.26.